The predicted octanol–water partition coefficient (Wildman–Crippen LogP) is 3.90. The number of benzene rings is 1. The van der Waals surface area contributed by atoms with Gasteiger partial charge in [-0.3, -0.25) is 24.5 Å². The number of ether oxygens (including phenoxy) is 6. The Labute approximate surface area is 409 Å². The van der Waals surface area contributed by atoms with Crippen LogP contribution in [0.4, 0.5) is 10.5 Å². The molecule has 2 fully saturated rings. The van der Waals surface area contributed by atoms with Gasteiger partial charge in [-0.05, 0) is 63.5 Å². The third-order valence-corrected chi connectivity index (χ3v) is 13.2. The third kappa shape index (κ3) is 14.3. The summed E-state index contributed by atoms with van der Waals surface area (Å²) in [6, 6.07) is 2.69. The molecule has 3 N–H and O–H groups in total. The van der Waals surface area contributed by atoms with E-state index >= 15 is 0 Å². The molecule has 21 heteroatoms. The van der Waals surface area contributed by atoms with Crippen LogP contribution < -0.4 is 15.5 Å². The molecule has 4 aliphatic heterocycles. The van der Waals surface area contributed by atoms with E-state index in [0.717, 1.165) is 21.7 Å². The highest BCUT2D eigenvalue weighted by atomic mass is 35.5. The number of carbonyl (C=O) groups excluding carboxylic acids is 6. The maximum absolute atomic E-state index is 14.2. The van der Waals surface area contributed by atoms with Gasteiger partial charge in [0.25, 0.3) is 0 Å². The number of nitrogens with one attached hydrogen (secondary N) is 2. The number of hydrazone groups is 1. The van der Waals surface area contributed by atoms with E-state index in [1.807, 2.05) is 32.1 Å². The first-order valence-corrected chi connectivity index (χ1v) is 23.4. The lowest BCUT2D eigenvalue weighted by molar-refractivity contribution is -0.162. The molecular formula is C47H69ClN6O13S. The summed E-state index contributed by atoms with van der Waals surface area (Å²) in [7, 11) is 4.49. The monoisotopic (exact) mass is 992 g/mol. The Morgan fingerprint density at radius 3 is 2.51 bits per heavy atom. The Morgan fingerprint density at radius 1 is 1.12 bits per heavy atom. The molecule has 378 valence electrons. The van der Waals surface area contributed by atoms with Gasteiger partial charge in [-0.15, -0.1) is 0 Å². The molecular weight excluding hydrogens is 924 g/mol. The minimum atomic E-state index is -1.85. The summed E-state index contributed by atoms with van der Waals surface area (Å²) in [5.74, 6) is -2.20. The Hall–Kier alpha value is -4.57. The Bertz CT molecular complexity index is 2110. The number of halogens is 1. The molecule has 1 aromatic carbocycles. The number of anilines is 1. The van der Waals surface area contributed by atoms with Gasteiger partial charge in [0.05, 0.1) is 62.5 Å². The maximum atomic E-state index is 14.2. The molecule has 1 aromatic rings. The molecule has 5 rings (SSSR count). The molecule has 0 aliphatic carbocycles. The van der Waals surface area contributed by atoms with Gasteiger partial charge in [0.15, 0.2) is 5.72 Å². The number of allylic oxidation sites excluding steroid dienone is 3. The molecule has 19 nitrogen and oxygen atoms in total. The van der Waals surface area contributed by atoms with Crippen molar-refractivity contribution in [1.29, 1.82) is 0 Å². The number of aliphatic hydroxyl groups is 1. The van der Waals surface area contributed by atoms with E-state index in [1.165, 1.54) is 30.9 Å². The average molecular weight is 994 g/mol. The van der Waals surface area contributed by atoms with Gasteiger partial charge in [0.2, 0.25) is 23.6 Å². The molecule has 4 bridgehead atoms. The molecule has 5 amide bonds. The van der Waals surface area contributed by atoms with Crippen molar-refractivity contribution in [2.45, 2.75) is 122 Å². The van der Waals surface area contributed by atoms with Gasteiger partial charge < -0.3 is 48.6 Å². The largest absolute Gasteiger partial charge is 0.457 e. The van der Waals surface area contributed by atoms with Gasteiger partial charge in [0.1, 0.15) is 36.5 Å². The number of carbonyl (C=O) groups is 6. The van der Waals surface area contributed by atoms with Crippen LogP contribution in [0.2, 0.25) is 5.02 Å². The number of alkyl carbamates (subject to hydrolysis) is 1. The minimum Gasteiger partial charge on any atom is -0.457 e. The van der Waals surface area contributed by atoms with E-state index in [9.17, 15) is 33.9 Å². The van der Waals surface area contributed by atoms with E-state index in [1.54, 1.807) is 33.0 Å². The lowest BCUT2D eigenvalue weighted by Crippen LogP contribution is -2.63. The van der Waals surface area contributed by atoms with Crippen molar-refractivity contribution in [2.24, 2.45) is 11.0 Å². The van der Waals surface area contributed by atoms with Gasteiger partial charge in [-0.2, -0.15) is 17.7 Å². The van der Waals surface area contributed by atoms with Crippen LogP contribution in [0.5, 0.6) is 0 Å². The first-order chi connectivity index (χ1) is 31.7. The van der Waals surface area contributed by atoms with Crippen LogP contribution in [0.3, 0.4) is 0 Å². The number of hydrogen-bond donors (Lipinski definition) is 4. The first-order valence-electron chi connectivity index (χ1n) is 22.4. The van der Waals surface area contributed by atoms with Crippen molar-refractivity contribution in [3.8, 4) is 0 Å². The summed E-state index contributed by atoms with van der Waals surface area (Å²) in [4.78, 5) is 81.3. The van der Waals surface area contributed by atoms with Gasteiger partial charge in [-0.1, -0.05) is 55.8 Å². The van der Waals surface area contributed by atoms with Crippen LogP contribution in [-0.2, 0) is 58.8 Å². The van der Waals surface area contributed by atoms with Crippen LogP contribution in [-0.4, -0.2) is 165 Å². The molecule has 0 spiro atoms. The van der Waals surface area contributed by atoms with Gasteiger partial charge >= 0.3 is 12.1 Å². The highest BCUT2D eigenvalue weighted by Gasteiger charge is 2.64. The Morgan fingerprint density at radius 2 is 1.82 bits per heavy atom. The quantitative estimate of drug-likeness (QED) is 0.0753. The van der Waals surface area contributed by atoms with Crippen molar-refractivity contribution in [3.63, 3.8) is 0 Å². The number of esters is 1. The fraction of sp³-hybridized carbons (Fsp3) is 0.638. The molecule has 68 heavy (non-hydrogen) atoms. The number of nitrogens with zero attached hydrogens (tertiary/aromatic N) is 4. The van der Waals surface area contributed by atoms with Crippen LogP contribution >= 0.6 is 24.2 Å². The second kappa shape index (κ2) is 24.8. The summed E-state index contributed by atoms with van der Waals surface area (Å²) in [5, 5.41) is 22.7. The fourth-order valence-corrected chi connectivity index (χ4v) is 8.78. The number of thiol groups is 1. The van der Waals surface area contributed by atoms with E-state index in [0.29, 0.717) is 35.0 Å². The van der Waals surface area contributed by atoms with Crippen molar-refractivity contribution in [3.05, 3.63) is 52.1 Å². The van der Waals surface area contributed by atoms with Crippen molar-refractivity contribution < 1.29 is 62.3 Å². The van der Waals surface area contributed by atoms with Crippen LogP contribution in [0, 0.1) is 12.8 Å². The van der Waals surface area contributed by atoms with Crippen molar-refractivity contribution in [1.82, 2.24) is 20.5 Å². The highest BCUT2D eigenvalue weighted by molar-refractivity contribution is 7.80. The number of hydrogen-bond acceptors (Lipinski definition) is 15. The van der Waals surface area contributed by atoms with Gasteiger partial charge in [0, 0.05) is 45.8 Å². The minimum absolute atomic E-state index is 0. The third-order valence-electron chi connectivity index (χ3n) is 12.5. The van der Waals surface area contributed by atoms with Crippen LogP contribution in [0.25, 0.3) is 0 Å². The van der Waals surface area contributed by atoms with Gasteiger partial charge in [-0.25, -0.2) is 14.6 Å². The zero-order chi connectivity index (χ0) is 49.2. The van der Waals surface area contributed by atoms with E-state index in [-0.39, 0.29) is 84.4 Å². The summed E-state index contributed by atoms with van der Waals surface area (Å²) in [5.41, 5.74) is 0.656. The number of methoxy groups -OCH3 is 1. The molecule has 1 unspecified atom stereocenters. The molecule has 4 heterocycles. The summed E-state index contributed by atoms with van der Waals surface area (Å²) in [6.45, 7) is 9.43. The van der Waals surface area contributed by atoms with Crippen LogP contribution in [0.1, 0.15) is 78.4 Å². The molecule has 0 aromatic heterocycles. The normalized spacial score (nSPS) is 27.9. The SMILES string of the molecule is C.CO[C@@H]1/C=C/C=C(\C)Cc2cc(C)c(Cl)c(c2)N(C)C(=O)C[C@H](OC(=O)[C@H](C)N(C)C(=O)CCOCCOCCNC(=O)CN2N=C(CCS)CC2=O)[C@]2(C)OC2[C@H](C)[C@@H]2C[C@]1(O)NC(=O)O2. The number of aryl methyl sites for hydroxylation is 1. The zero-order valence-electron chi connectivity index (χ0n) is 39.5. The standard InChI is InChI=1S/C46H65ClN6O13S.CH4/c1-27-10-9-11-35(61-8)46(60)25-34(64-44(59)49-46)29(3)42-45(5,66-42)36(24-39(56)52(7)33-22-31(20-27)21-28(2)41(33)47)65-43(58)30(4)51(6)38(55)12-15-62-17-18-63-16-14-48-37(54)26-53-40(57)23-32(50-53)13-19-67;/h9-11,21-22,29-30,34-36,42,60,67H,12-20,23-26H2,1-8H3,(H,48,54)(H,49,59);1H4/b11-9+,27-10+;/t29-,30+,34+,35-,36+,42?,45+,46-;/m1./s1. The summed E-state index contributed by atoms with van der Waals surface area (Å²) >= 11 is 10.9. The van der Waals surface area contributed by atoms with E-state index in [2.05, 4.69) is 28.4 Å². The summed E-state index contributed by atoms with van der Waals surface area (Å²) < 4.78 is 34.8. The average Bonchev–Trinajstić information content (AvgIpc) is 3.86. The topological polar surface area (TPSA) is 227 Å². The molecule has 8 atom stereocenters. The van der Waals surface area contributed by atoms with E-state index in [4.69, 9.17) is 40.0 Å². The molecule has 2 saturated heterocycles. The first kappa shape index (κ1) is 56.0. The second-order valence-electron chi connectivity index (χ2n) is 17.6. The number of fused-ring (bicyclic) bond motifs is 5. The number of likely N-dealkylation sites (N-methyl/N-ethyl adjacent to an activating group) is 1. The second-order valence-corrected chi connectivity index (χ2v) is 18.4. The number of rotatable bonds is 17. The zero-order valence-corrected chi connectivity index (χ0v) is 41.2. The molecule has 4 aliphatic rings. The summed E-state index contributed by atoms with van der Waals surface area (Å²) in [6.07, 6.45) is 1.55. The lowest BCUT2D eigenvalue weighted by Gasteiger charge is -2.42. The predicted molar refractivity (Wildman–Crippen MR) is 257 cm³/mol. The maximum Gasteiger partial charge on any atom is 0.409 e. The lowest BCUT2D eigenvalue weighted by atomic mass is 9.83. The molecule has 0 saturated carbocycles. The van der Waals surface area contributed by atoms with Crippen molar-refractivity contribution in [2.75, 3.05) is 71.4 Å². The molecule has 0 radical (unpaired) electrons. The number of epoxide rings is 1. The van der Waals surface area contributed by atoms with Crippen LogP contribution in [0.15, 0.2) is 41.0 Å². The Balaban J connectivity index is 0.0000101. The van der Waals surface area contributed by atoms with Crippen molar-refractivity contribution >= 4 is 71.3 Å². The van der Waals surface area contributed by atoms with E-state index < -0.39 is 71.6 Å². The fourth-order valence-electron chi connectivity index (χ4n) is 8.29. The Kier molecular flexibility index (Phi) is 20.4. The smallest absolute Gasteiger partial charge is 0.409 e. The highest BCUT2D eigenvalue weighted by Crippen LogP contribution is 2.49. The number of amides is 5.